The minimum Gasteiger partial charge on any atom is -0.382 e. The molecule has 336 valence electrons. The van der Waals surface area contributed by atoms with E-state index in [9.17, 15) is 20.0 Å². The van der Waals surface area contributed by atoms with Gasteiger partial charge >= 0.3 is 7.82 Å². The number of ether oxygens (including phenoxy) is 5. The van der Waals surface area contributed by atoms with Crippen molar-refractivity contribution in [3.05, 3.63) is 58.5 Å². The van der Waals surface area contributed by atoms with E-state index in [4.69, 9.17) is 50.1 Å². The molecule has 17 heteroatoms. The Balaban J connectivity index is 1.08. The zero-order chi connectivity index (χ0) is 43.7. The summed E-state index contributed by atoms with van der Waals surface area (Å²) in [4.78, 5) is 14.9. The number of anilines is 1. The van der Waals surface area contributed by atoms with Crippen LogP contribution in [0.2, 0.25) is 5.02 Å². The van der Waals surface area contributed by atoms with Gasteiger partial charge in [-0.05, 0) is 50.1 Å². The molecule has 2 fully saturated rings. The highest BCUT2D eigenvalue weighted by Crippen LogP contribution is 2.52. The summed E-state index contributed by atoms with van der Waals surface area (Å²) in [6, 6.07) is 12.6. The number of hydrogen-bond acceptors (Lipinski definition) is 13. The molecule has 0 saturated carbocycles. The van der Waals surface area contributed by atoms with Gasteiger partial charge in [-0.3, -0.25) is 9.05 Å². The van der Waals surface area contributed by atoms with Gasteiger partial charge in [0.15, 0.2) is 11.6 Å². The number of benzene rings is 1. The Morgan fingerprint density at radius 3 is 2.20 bits per heavy atom. The molecule has 3 aromatic rings. The molecule has 0 spiro atoms. The van der Waals surface area contributed by atoms with Crippen molar-refractivity contribution in [1.29, 1.82) is 10.5 Å². The van der Waals surface area contributed by atoms with Crippen LogP contribution in [0.1, 0.15) is 146 Å². The normalized spacial score (nSPS) is 22.2. The highest BCUT2D eigenvalue weighted by molar-refractivity contribution is 7.47. The van der Waals surface area contributed by atoms with Crippen molar-refractivity contribution in [2.24, 2.45) is 0 Å². The highest BCUT2D eigenvalue weighted by atomic mass is 35.5. The lowest BCUT2D eigenvalue weighted by Gasteiger charge is -2.29. The number of unbranched alkanes of at least 4 members (excludes halogenated alkanes) is 15. The van der Waals surface area contributed by atoms with E-state index in [2.05, 4.69) is 23.1 Å². The Bertz CT molecular complexity index is 1960. The third-order valence-corrected chi connectivity index (χ3v) is 12.4. The van der Waals surface area contributed by atoms with E-state index in [0.29, 0.717) is 28.9 Å². The molecule has 61 heavy (non-hydrogen) atoms. The SMILES string of the molecule is CCCCCCCCCCCCCCCCCCOC[C@H](COP(=O)(O)OC[C@@]1(C#N)O[C@@H](c2ccc3c(N)ncnn23)[C@@H]2OC(C)(C)O[C@@H]21)OCc1ccc(C#N)c(Cl)c1. The van der Waals surface area contributed by atoms with E-state index in [-0.39, 0.29) is 30.7 Å². The predicted molar refractivity (Wildman–Crippen MR) is 230 cm³/mol. The van der Waals surface area contributed by atoms with E-state index in [1.54, 1.807) is 48.7 Å². The Labute approximate surface area is 365 Å². The number of nitrogens with zero attached hydrogens (tertiary/aromatic N) is 5. The molecule has 15 nitrogen and oxygen atoms in total. The number of nitriles is 2. The number of nitrogens with two attached hydrogens (primary N) is 1. The third kappa shape index (κ3) is 14.4. The van der Waals surface area contributed by atoms with Gasteiger partial charge in [-0.25, -0.2) is 14.1 Å². The molecule has 6 atom stereocenters. The van der Waals surface area contributed by atoms with Crippen LogP contribution in [-0.2, 0) is 43.9 Å². The van der Waals surface area contributed by atoms with Gasteiger partial charge in [0.2, 0.25) is 5.60 Å². The molecule has 3 N–H and O–H groups in total. The lowest BCUT2D eigenvalue weighted by molar-refractivity contribution is -0.204. The second-order valence-electron chi connectivity index (χ2n) is 16.5. The van der Waals surface area contributed by atoms with Gasteiger partial charge < -0.3 is 34.3 Å². The molecule has 0 amide bonds. The van der Waals surface area contributed by atoms with Crippen molar-refractivity contribution < 1.29 is 42.2 Å². The third-order valence-electron chi connectivity index (χ3n) is 11.2. The smallest absolute Gasteiger partial charge is 0.382 e. The van der Waals surface area contributed by atoms with Crippen molar-refractivity contribution in [3.8, 4) is 12.1 Å². The number of aromatic nitrogens is 3. The van der Waals surface area contributed by atoms with E-state index in [1.165, 1.54) is 89.8 Å². The maximum atomic E-state index is 13.4. The molecule has 1 unspecified atom stereocenters. The molecule has 1 aromatic carbocycles. The molecule has 0 radical (unpaired) electrons. The van der Waals surface area contributed by atoms with Crippen LogP contribution in [0.3, 0.4) is 0 Å². The number of phosphoric ester groups is 1. The maximum absolute atomic E-state index is 13.4. The summed E-state index contributed by atoms with van der Waals surface area (Å²) in [7, 11) is -4.80. The second kappa shape index (κ2) is 24.0. The first kappa shape index (κ1) is 48.8. The van der Waals surface area contributed by atoms with Crippen molar-refractivity contribution >= 4 is 30.8 Å². The van der Waals surface area contributed by atoms with Gasteiger partial charge in [0.1, 0.15) is 55.0 Å². The van der Waals surface area contributed by atoms with Crippen molar-refractivity contribution in [1.82, 2.24) is 14.6 Å². The lowest BCUT2D eigenvalue weighted by atomic mass is 9.96. The quantitative estimate of drug-likeness (QED) is 0.0492. The van der Waals surface area contributed by atoms with Crippen LogP contribution < -0.4 is 5.73 Å². The van der Waals surface area contributed by atoms with Crippen LogP contribution in [0.4, 0.5) is 5.82 Å². The standard InChI is InChI=1S/C44H64ClN6O9P/c1-4-5-6-7-8-9-10-11-12-13-14-15-16-17-18-19-24-54-28-35(55-27-33-20-21-34(26-46)36(45)25-33)29-56-61(52,53)57-31-44(30-47)41-40(58-43(2,3)60-41)39(59-44)37-22-23-38-42(48)49-32-50-51(37)38/h20-23,25,32,35,39-41H,4-19,24,27-29,31H2,1-3H3,(H,52,53)(H2,48,49,50)/t35-,39+,40+,41+,44-/m1/s1. The van der Waals surface area contributed by atoms with E-state index in [0.717, 1.165) is 19.3 Å². The maximum Gasteiger partial charge on any atom is 0.472 e. The molecule has 2 aromatic heterocycles. The van der Waals surface area contributed by atoms with Gasteiger partial charge in [0.25, 0.3) is 0 Å². The molecule has 2 aliphatic heterocycles. The highest BCUT2D eigenvalue weighted by Gasteiger charge is 2.65. The number of rotatable bonds is 29. The van der Waals surface area contributed by atoms with Gasteiger partial charge in [-0.15, -0.1) is 0 Å². The summed E-state index contributed by atoms with van der Waals surface area (Å²) in [5, 5.41) is 24.4. The fraction of sp³-hybridized carbons (Fsp3) is 0.682. The first-order valence-corrected chi connectivity index (χ1v) is 23.8. The fourth-order valence-corrected chi connectivity index (χ4v) is 8.87. The molecule has 2 aliphatic rings. The largest absolute Gasteiger partial charge is 0.472 e. The lowest BCUT2D eigenvalue weighted by Crippen LogP contribution is -2.45. The summed E-state index contributed by atoms with van der Waals surface area (Å²) in [5.74, 6) is -0.850. The Morgan fingerprint density at radius 1 is 0.918 bits per heavy atom. The van der Waals surface area contributed by atoms with E-state index in [1.807, 2.05) is 6.07 Å². The number of hydrogen-bond donors (Lipinski definition) is 2. The molecule has 0 bridgehead atoms. The monoisotopic (exact) mass is 886 g/mol. The molecule has 2 saturated heterocycles. The minimum absolute atomic E-state index is 0.0758. The van der Waals surface area contributed by atoms with Gasteiger partial charge in [0, 0.05) is 6.61 Å². The topological polar surface area (TPSA) is 206 Å². The van der Waals surface area contributed by atoms with Crippen molar-refractivity contribution in [2.45, 2.75) is 166 Å². The van der Waals surface area contributed by atoms with E-state index >= 15 is 0 Å². The Kier molecular flexibility index (Phi) is 19.2. The summed E-state index contributed by atoms with van der Waals surface area (Å²) in [6.45, 7) is 5.28. The molecular formula is C44H64ClN6O9P. The fourth-order valence-electron chi connectivity index (χ4n) is 7.84. The molecule has 4 heterocycles. The number of nitrogen functional groups attached to an aromatic ring is 1. The van der Waals surface area contributed by atoms with Crippen LogP contribution in [0.25, 0.3) is 5.52 Å². The average Bonchev–Trinajstić information content (AvgIpc) is 3.90. The first-order chi connectivity index (χ1) is 29.4. The Morgan fingerprint density at radius 2 is 1.57 bits per heavy atom. The van der Waals surface area contributed by atoms with Gasteiger partial charge in [-0.1, -0.05) is 121 Å². The predicted octanol–water partition coefficient (Wildman–Crippen LogP) is 9.69. The zero-order valence-corrected chi connectivity index (χ0v) is 37.6. The van der Waals surface area contributed by atoms with Crippen LogP contribution >= 0.6 is 19.4 Å². The van der Waals surface area contributed by atoms with Crippen LogP contribution in [0, 0.1) is 22.7 Å². The first-order valence-electron chi connectivity index (χ1n) is 21.9. The van der Waals surface area contributed by atoms with Crippen LogP contribution in [0.15, 0.2) is 36.7 Å². The minimum atomic E-state index is -4.80. The number of halogens is 1. The Hall–Kier alpha value is -3.18. The summed E-state index contributed by atoms with van der Waals surface area (Å²) < 4.78 is 56.5. The van der Waals surface area contributed by atoms with E-state index < -0.39 is 50.2 Å². The summed E-state index contributed by atoms with van der Waals surface area (Å²) >= 11 is 6.24. The van der Waals surface area contributed by atoms with Crippen molar-refractivity contribution in [2.75, 3.05) is 32.2 Å². The second-order valence-corrected chi connectivity index (χ2v) is 18.4. The summed E-state index contributed by atoms with van der Waals surface area (Å²) in [5.41, 5.74) is 6.26. The molecule has 0 aliphatic carbocycles. The molecular weight excluding hydrogens is 823 g/mol. The van der Waals surface area contributed by atoms with Crippen LogP contribution in [-0.4, -0.2) is 75.6 Å². The molecule has 5 rings (SSSR count). The zero-order valence-electron chi connectivity index (χ0n) is 36.0. The average molecular weight is 887 g/mol. The van der Waals surface area contributed by atoms with Crippen molar-refractivity contribution in [3.63, 3.8) is 0 Å². The number of fused-ring (bicyclic) bond motifs is 2. The van der Waals surface area contributed by atoms with Crippen LogP contribution in [0.5, 0.6) is 0 Å². The van der Waals surface area contributed by atoms with Gasteiger partial charge in [0.05, 0.1) is 36.1 Å². The van der Waals surface area contributed by atoms with Gasteiger partial charge in [-0.2, -0.15) is 15.6 Å². The summed E-state index contributed by atoms with van der Waals surface area (Å²) in [6.07, 6.45) is 18.2. The number of phosphoric acid groups is 1.